The molecule has 0 aliphatic carbocycles. The molecular weight excluding hydrogens is 297 g/mol. The number of hydrogen-bond donors (Lipinski definition) is 1. The molecule has 0 unspecified atom stereocenters. The van der Waals surface area contributed by atoms with Crippen LogP contribution in [0.25, 0.3) is 0 Å². The fourth-order valence-corrected chi connectivity index (χ4v) is 1.89. The molecule has 2 atom stereocenters. The summed E-state index contributed by atoms with van der Waals surface area (Å²) in [7, 11) is 0. The number of carbonyl (C=O) groups excluding carboxylic acids is 1. The largest absolute Gasteiger partial charge is 0.451 e. The number of esters is 1. The second-order valence-electron chi connectivity index (χ2n) is 4.59. The lowest BCUT2D eigenvalue weighted by atomic mass is 10.0. The minimum Gasteiger partial charge on any atom is -0.451 e. The van der Waals surface area contributed by atoms with E-state index >= 15 is 0 Å². The van der Waals surface area contributed by atoms with E-state index in [-0.39, 0.29) is 11.1 Å². The summed E-state index contributed by atoms with van der Waals surface area (Å²) in [5.41, 5.74) is 0.175. The highest BCUT2D eigenvalue weighted by molar-refractivity contribution is 5.89. The molecule has 0 saturated heterocycles. The minimum absolute atomic E-state index is 0.0663. The molecule has 116 valence electrons. The van der Waals surface area contributed by atoms with E-state index in [2.05, 4.69) is 0 Å². The number of carbonyl (C=O) groups is 1. The quantitative estimate of drug-likeness (QED) is 0.879. The number of alkyl halides is 3. The van der Waals surface area contributed by atoms with Gasteiger partial charge in [-0.05, 0) is 17.7 Å². The zero-order chi connectivity index (χ0) is 16.2. The second kappa shape index (κ2) is 6.62. The maximum Gasteiger partial charge on any atom is 0.418 e. The molecule has 0 fully saturated rings. The smallest absolute Gasteiger partial charge is 0.418 e. The van der Waals surface area contributed by atoms with Crippen LogP contribution < -0.4 is 0 Å². The number of benzene rings is 2. The molecule has 0 bridgehead atoms. The van der Waals surface area contributed by atoms with Crippen LogP contribution in [0.2, 0.25) is 0 Å². The van der Waals surface area contributed by atoms with Gasteiger partial charge in [0.05, 0.1) is 5.56 Å². The average Bonchev–Trinajstić information content (AvgIpc) is 2.52. The van der Waals surface area contributed by atoms with Gasteiger partial charge in [0.1, 0.15) is 0 Å². The third kappa shape index (κ3) is 3.85. The molecule has 0 aromatic heterocycles. The van der Waals surface area contributed by atoms with Crippen molar-refractivity contribution in [2.45, 2.75) is 18.4 Å². The van der Waals surface area contributed by atoms with Gasteiger partial charge in [0, 0.05) is 0 Å². The molecule has 0 spiro atoms. The molecule has 22 heavy (non-hydrogen) atoms. The normalized spacial score (nSPS) is 14.2. The van der Waals surface area contributed by atoms with Crippen LogP contribution in [-0.4, -0.2) is 23.4 Å². The van der Waals surface area contributed by atoms with Gasteiger partial charge in [0.25, 0.3) is 0 Å². The van der Waals surface area contributed by atoms with E-state index in [1.807, 2.05) is 0 Å². The van der Waals surface area contributed by atoms with Gasteiger partial charge >= 0.3 is 12.1 Å². The number of aliphatic hydroxyl groups is 1. The van der Waals surface area contributed by atoms with E-state index in [4.69, 9.17) is 4.74 Å². The van der Waals surface area contributed by atoms with Crippen molar-refractivity contribution in [2.24, 2.45) is 0 Å². The van der Waals surface area contributed by atoms with Crippen molar-refractivity contribution in [1.82, 2.24) is 0 Å². The highest BCUT2D eigenvalue weighted by atomic mass is 19.4. The molecule has 3 nitrogen and oxygen atoms in total. The van der Waals surface area contributed by atoms with Crippen molar-refractivity contribution in [2.75, 3.05) is 0 Å². The topological polar surface area (TPSA) is 46.5 Å². The Morgan fingerprint density at radius 2 is 1.45 bits per heavy atom. The highest BCUT2D eigenvalue weighted by Crippen LogP contribution is 2.33. The third-order valence-corrected chi connectivity index (χ3v) is 2.99. The maximum atomic E-state index is 12.8. The Hall–Kier alpha value is -2.34. The summed E-state index contributed by atoms with van der Waals surface area (Å²) in [6, 6.07) is 15.0. The van der Waals surface area contributed by atoms with Crippen molar-refractivity contribution < 1.29 is 27.8 Å². The number of halogens is 3. The Morgan fingerprint density at radius 3 is 1.95 bits per heavy atom. The van der Waals surface area contributed by atoms with E-state index in [9.17, 15) is 23.1 Å². The summed E-state index contributed by atoms with van der Waals surface area (Å²) in [6.45, 7) is 0. The summed E-state index contributed by atoms with van der Waals surface area (Å²) in [4.78, 5) is 12.0. The predicted molar refractivity (Wildman–Crippen MR) is 73.1 cm³/mol. The van der Waals surface area contributed by atoms with Crippen molar-refractivity contribution in [3.05, 3.63) is 71.8 Å². The predicted octanol–water partition coefficient (Wildman–Crippen LogP) is 3.51. The van der Waals surface area contributed by atoms with Gasteiger partial charge < -0.3 is 9.84 Å². The Labute approximate surface area is 125 Å². The summed E-state index contributed by atoms with van der Waals surface area (Å²) in [5, 5.41) is 9.49. The van der Waals surface area contributed by atoms with Crippen molar-refractivity contribution >= 4 is 5.97 Å². The van der Waals surface area contributed by atoms with E-state index in [1.54, 1.807) is 24.3 Å². The first kappa shape index (κ1) is 16.0. The SMILES string of the molecule is O=C(O[C@@H](c1ccccc1)[C@H](O)C(F)(F)F)c1ccccc1. The lowest BCUT2D eigenvalue weighted by Crippen LogP contribution is -2.37. The summed E-state index contributed by atoms with van der Waals surface area (Å²) in [5.74, 6) is -0.933. The number of hydrogen-bond acceptors (Lipinski definition) is 3. The molecule has 6 heteroatoms. The zero-order valence-corrected chi connectivity index (χ0v) is 11.3. The van der Waals surface area contributed by atoms with Gasteiger partial charge in [0.2, 0.25) is 0 Å². The second-order valence-corrected chi connectivity index (χ2v) is 4.59. The van der Waals surface area contributed by atoms with Gasteiger partial charge in [-0.1, -0.05) is 48.5 Å². The molecule has 0 radical (unpaired) electrons. The number of aliphatic hydroxyl groups excluding tert-OH is 1. The van der Waals surface area contributed by atoms with Crippen molar-refractivity contribution in [3.63, 3.8) is 0 Å². The van der Waals surface area contributed by atoms with Crippen LogP contribution in [0, 0.1) is 0 Å². The van der Waals surface area contributed by atoms with Crippen molar-refractivity contribution in [1.29, 1.82) is 0 Å². The summed E-state index contributed by atoms with van der Waals surface area (Å²) in [6.07, 6.45) is -9.53. The molecule has 1 N–H and O–H groups in total. The lowest BCUT2D eigenvalue weighted by molar-refractivity contribution is -0.231. The maximum absolute atomic E-state index is 12.8. The first-order valence-electron chi connectivity index (χ1n) is 6.45. The van der Waals surface area contributed by atoms with E-state index in [1.165, 1.54) is 36.4 Å². The first-order chi connectivity index (χ1) is 10.4. The zero-order valence-electron chi connectivity index (χ0n) is 11.3. The molecule has 0 aliphatic heterocycles. The molecular formula is C16H13F3O3. The van der Waals surface area contributed by atoms with Crippen LogP contribution in [-0.2, 0) is 4.74 Å². The monoisotopic (exact) mass is 310 g/mol. The van der Waals surface area contributed by atoms with Crippen LogP contribution >= 0.6 is 0 Å². The van der Waals surface area contributed by atoms with E-state index in [0.717, 1.165) is 0 Å². The molecule has 0 heterocycles. The highest BCUT2D eigenvalue weighted by Gasteiger charge is 2.46. The van der Waals surface area contributed by atoms with Crippen LogP contribution in [0.4, 0.5) is 13.2 Å². The van der Waals surface area contributed by atoms with E-state index < -0.39 is 24.4 Å². The number of rotatable bonds is 4. The Kier molecular flexibility index (Phi) is 4.82. The van der Waals surface area contributed by atoms with Crippen molar-refractivity contribution in [3.8, 4) is 0 Å². The van der Waals surface area contributed by atoms with Gasteiger partial charge in [-0.2, -0.15) is 13.2 Å². The molecule has 0 amide bonds. The fourth-order valence-electron chi connectivity index (χ4n) is 1.89. The Bertz CT molecular complexity index is 612. The Balaban J connectivity index is 2.28. The Morgan fingerprint density at radius 1 is 0.955 bits per heavy atom. The summed E-state index contributed by atoms with van der Waals surface area (Å²) >= 11 is 0. The summed E-state index contributed by atoms with van der Waals surface area (Å²) < 4.78 is 43.3. The van der Waals surface area contributed by atoms with Gasteiger partial charge in [-0.25, -0.2) is 4.79 Å². The minimum atomic E-state index is -4.91. The van der Waals surface area contributed by atoms with Gasteiger partial charge in [-0.15, -0.1) is 0 Å². The first-order valence-corrected chi connectivity index (χ1v) is 6.45. The fraction of sp³-hybridized carbons (Fsp3) is 0.188. The lowest BCUT2D eigenvalue weighted by Gasteiger charge is -2.25. The van der Waals surface area contributed by atoms with Gasteiger partial charge in [-0.3, -0.25) is 0 Å². The van der Waals surface area contributed by atoms with Crippen LogP contribution in [0.5, 0.6) is 0 Å². The molecule has 0 aliphatic rings. The van der Waals surface area contributed by atoms with Crippen LogP contribution in [0.15, 0.2) is 60.7 Å². The third-order valence-electron chi connectivity index (χ3n) is 2.99. The number of ether oxygens (including phenoxy) is 1. The molecule has 2 rings (SSSR count). The van der Waals surface area contributed by atoms with E-state index in [0.29, 0.717) is 0 Å². The standard InChI is InChI=1S/C16H13F3O3/c17-16(18,19)14(20)13(11-7-3-1-4-8-11)22-15(21)12-9-5-2-6-10-12/h1-10,13-14,20H/t13-,14-/m0/s1. The molecule has 2 aromatic rings. The van der Waals surface area contributed by atoms with Crippen LogP contribution in [0.3, 0.4) is 0 Å². The average molecular weight is 310 g/mol. The molecule has 0 saturated carbocycles. The molecule has 2 aromatic carbocycles. The van der Waals surface area contributed by atoms with Gasteiger partial charge in [0.15, 0.2) is 12.2 Å². The van der Waals surface area contributed by atoms with Crippen LogP contribution in [0.1, 0.15) is 22.0 Å².